The van der Waals surface area contributed by atoms with Gasteiger partial charge in [-0.3, -0.25) is 4.79 Å². The Hall–Kier alpha value is -2.67. The topological polar surface area (TPSA) is 88.8 Å². The van der Waals surface area contributed by atoms with Crippen molar-refractivity contribution in [2.75, 3.05) is 13.7 Å². The zero-order chi connectivity index (χ0) is 18.2. The number of nitrogens with one attached hydrogen (secondary N) is 2. The third-order valence-corrected chi connectivity index (χ3v) is 3.48. The maximum absolute atomic E-state index is 12.1. The summed E-state index contributed by atoms with van der Waals surface area (Å²) in [7, 11) is 1.63. The SMILES string of the molecule is COCC(/C=C\C(C)NC(=O)/C=C1\N=C(C)C=C(C)N1)c1cnco1. The van der Waals surface area contributed by atoms with E-state index in [-0.39, 0.29) is 17.9 Å². The van der Waals surface area contributed by atoms with E-state index in [4.69, 9.17) is 9.15 Å². The zero-order valence-corrected chi connectivity index (χ0v) is 14.9. The van der Waals surface area contributed by atoms with Crippen LogP contribution < -0.4 is 10.6 Å². The molecule has 7 nitrogen and oxygen atoms in total. The lowest BCUT2D eigenvalue weighted by atomic mass is 10.1. The Morgan fingerprint density at radius 1 is 1.44 bits per heavy atom. The van der Waals surface area contributed by atoms with Crippen molar-refractivity contribution in [3.63, 3.8) is 0 Å². The van der Waals surface area contributed by atoms with E-state index in [2.05, 4.69) is 20.6 Å². The molecule has 0 radical (unpaired) electrons. The monoisotopic (exact) mass is 344 g/mol. The van der Waals surface area contributed by atoms with Crippen LogP contribution in [0.2, 0.25) is 0 Å². The van der Waals surface area contributed by atoms with Crippen LogP contribution in [0, 0.1) is 0 Å². The van der Waals surface area contributed by atoms with Crippen LogP contribution in [0.15, 0.2) is 57.8 Å². The lowest BCUT2D eigenvalue weighted by Crippen LogP contribution is -2.31. The van der Waals surface area contributed by atoms with Gasteiger partial charge in [0.15, 0.2) is 6.39 Å². The first-order valence-electron chi connectivity index (χ1n) is 8.06. The molecule has 1 amide bonds. The molecule has 1 aliphatic rings. The number of methoxy groups -OCH3 is 1. The molecule has 2 heterocycles. The van der Waals surface area contributed by atoms with Crippen molar-refractivity contribution >= 4 is 11.6 Å². The van der Waals surface area contributed by atoms with E-state index in [1.54, 1.807) is 13.3 Å². The summed E-state index contributed by atoms with van der Waals surface area (Å²) in [5.74, 6) is 0.987. The quantitative estimate of drug-likeness (QED) is 0.585. The molecule has 0 spiro atoms. The fraction of sp³-hybridized carbons (Fsp3) is 0.389. The van der Waals surface area contributed by atoms with Gasteiger partial charge in [0.2, 0.25) is 5.91 Å². The van der Waals surface area contributed by atoms with E-state index in [1.807, 2.05) is 39.0 Å². The van der Waals surface area contributed by atoms with Gasteiger partial charge in [-0.05, 0) is 26.8 Å². The van der Waals surface area contributed by atoms with Gasteiger partial charge in [-0.1, -0.05) is 12.2 Å². The van der Waals surface area contributed by atoms with E-state index < -0.39 is 0 Å². The molecule has 2 rings (SSSR count). The van der Waals surface area contributed by atoms with Crippen LogP contribution in [-0.2, 0) is 9.53 Å². The average Bonchev–Trinajstić information content (AvgIpc) is 3.04. The number of amides is 1. The molecule has 0 fully saturated rings. The minimum Gasteiger partial charge on any atom is -0.448 e. The highest BCUT2D eigenvalue weighted by molar-refractivity contribution is 5.96. The number of rotatable bonds is 7. The molecule has 25 heavy (non-hydrogen) atoms. The summed E-state index contributed by atoms with van der Waals surface area (Å²) in [5.41, 5.74) is 1.81. The summed E-state index contributed by atoms with van der Waals surface area (Å²) >= 11 is 0. The molecule has 2 unspecified atom stereocenters. The molecule has 0 bridgehead atoms. The van der Waals surface area contributed by atoms with E-state index >= 15 is 0 Å². The molecule has 0 aliphatic carbocycles. The van der Waals surface area contributed by atoms with Gasteiger partial charge in [-0.15, -0.1) is 0 Å². The molecule has 134 valence electrons. The van der Waals surface area contributed by atoms with E-state index in [1.165, 1.54) is 12.5 Å². The second-order valence-electron chi connectivity index (χ2n) is 5.88. The number of carbonyl (C=O) groups excluding carboxylic acids is 1. The van der Waals surface area contributed by atoms with Gasteiger partial charge in [0.1, 0.15) is 11.6 Å². The molecule has 7 heteroatoms. The number of oxazole rings is 1. The van der Waals surface area contributed by atoms with Gasteiger partial charge in [-0.25, -0.2) is 9.98 Å². The molecule has 0 saturated heterocycles. The molecule has 2 N–H and O–H groups in total. The molecule has 2 atom stereocenters. The largest absolute Gasteiger partial charge is 0.448 e. The van der Waals surface area contributed by atoms with Crippen molar-refractivity contribution in [2.24, 2.45) is 4.99 Å². The predicted octanol–water partition coefficient (Wildman–Crippen LogP) is 2.27. The second kappa shape index (κ2) is 8.98. The summed E-state index contributed by atoms with van der Waals surface area (Å²) in [6.07, 6.45) is 10.3. The third kappa shape index (κ3) is 6.04. The first-order valence-corrected chi connectivity index (χ1v) is 8.06. The van der Waals surface area contributed by atoms with Crippen LogP contribution >= 0.6 is 0 Å². The lowest BCUT2D eigenvalue weighted by molar-refractivity contribution is -0.116. The van der Waals surface area contributed by atoms with Crippen LogP contribution in [-0.4, -0.2) is 36.4 Å². The van der Waals surface area contributed by atoms with Crippen molar-refractivity contribution in [2.45, 2.75) is 32.7 Å². The first-order chi connectivity index (χ1) is 12.0. The van der Waals surface area contributed by atoms with Crippen LogP contribution in [0.4, 0.5) is 0 Å². The first kappa shape index (κ1) is 18.7. The Morgan fingerprint density at radius 2 is 2.24 bits per heavy atom. The minimum absolute atomic E-state index is 0.0507. The van der Waals surface area contributed by atoms with Crippen molar-refractivity contribution in [1.29, 1.82) is 0 Å². The number of carbonyl (C=O) groups is 1. The molecule has 0 saturated carbocycles. The highest BCUT2D eigenvalue weighted by Crippen LogP contribution is 2.17. The summed E-state index contributed by atoms with van der Waals surface area (Å²) < 4.78 is 10.5. The van der Waals surface area contributed by atoms with E-state index in [0.29, 0.717) is 12.4 Å². The molecular formula is C18H24N4O3. The van der Waals surface area contributed by atoms with Crippen LogP contribution in [0.5, 0.6) is 0 Å². The van der Waals surface area contributed by atoms with Crippen molar-refractivity contribution in [3.05, 3.63) is 54.2 Å². The number of ether oxygens (including phenoxy) is 1. The number of aliphatic imine (C=N–C) groups is 1. The van der Waals surface area contributed by atoms with Gasteiger partial charge in [0.05, 0.1) is 18.7 Å². The maximum atomic E-state index is 12.1. The Kier molecular flexibility index (Phi) is 6.71. The highest BCUT2D eigenvalue weighted by Gasteiger charge is 2.12. The Bertz CT molecular complexity index is 702. The van der Waals surface area contributed by atoms with E-state index in [0.717, 1.165) is 17.2 Å². The Labute approximate surface area is 147 Å². The maximum Gasteiger partial charge on any atom is 0.248 e. The number of aromatic nitrogens is 1. The predicted molar refractivity (Wildman–Crippen MR) is 95.9 cm³/mol. The van der Waals surface area contributed by atoms with Gasteiger partial charge in [-0.2, -0.15) is 0 Å². The smallest absolute Gasteiger partial charge is 0.248 e. The second-order valence-corrected chi connectivity index (χ2v) is 5.88. The molecule has 1 aromatic rings. The number of nitrogens with zero attached hydrogens (tertiary/aromatic N) is 2. The summed E-state index contributed by atoms with van der Waals surface area (Å²) in [6, 6.07) is -0.156. The van der Waals surface area contributed by atoms with Gasteiger partial charge in [0, 0.05) is 30.6 Å². The molecule has 0 aromatic carbocycles. The van der Waals surface area contributed by atoms with Crippen molar-refractivity contribution < 1.29 is 13.9 Å². The van der Waals surface area contributed by atoms with Crippen LogP contribution in [0.3, 0.4) is 0 Å². The van der Waals surface area contributed by atoms with Crippen molar-refractivity contribution in [3.8, 4) is 0 Å². The highest BCUT2D eigenvalue weighted by atomic mass is 16.5. The summed E-state index contributed by atoms with van der Waals surface area (Å²) in [6.45, 7) is 6.18. The third-order valence-electron chi connectivity index (χ3n) is 3.48. The average molecular weight is 344 g/mol. The fourth-order valence-corrected chi connectivity index (χ4v) is 2.43. The van der Waals surface area contributed by atoms with Gasteiger partial charge in [0.25, 0.3) is 0 Å². The Balaban J connectivity index is 1.93. The van der Waals surface area contributed by atoms with Crippen LogP contribution in [0.25, 0.3) is 0 Å². The lowest BCUT2D eigenvalue weighted by Gasteiger charge is -2.14. The van der Waals surface area contributed by atoms with Crippen LogP contribution in [0.1, 0.15) is 32.4 Å². The summed E-state index contributed by atoms with van der Waals surface area (Å²) in [4.78, 5) is 20.3. The van der Waals surface area contributed by atoms with Gasteiger partial charge < -0.3 is 19.8 Å². The normalized spacial score (nSPS) is 18.5. The molecule has 1 aromatic heterocycles. The summed E-state index contributed by atoms with van der Waals surface area (Å²) in [5, 5.41) is 5.94. The van der Waals surface area contributed by atoms with E-state index in [9.17, 15) is 4.79 Å². The fourth-order valence-electron chi connectivity index (χ4n) is 2.43. The minimum atomic E-state index is -0.214. The molecular weight excluding hydrogens is 320 g/mol. The number of allylic oxidation sites excluding steroid dienone is 2. The molecule has 1 aliphatic heterocycles. The van der Waals surface area contributed by atoms with Crippen molar-refractivity contribution in [1.82, 2.24) is 15.6 Å². The zero-order valence-electron chi connectivity index (χ0n) is 14.9. The number of hydrogen-bond acceptors (Lipinski definition) is 6. The van der Waals surface area contributed by atoms with Gasteiger partial charge >= 0.3 is 0 Å². The standard InChI is InChI=1S/C18H24N4O3/c1-12(5-6-15(10-24-4)16-9-19-11-25-16)22-18(23)8-17-20-13(2)7-14(3)21-17/h5-9,11-12,15,20H,10H2,1-4H3,(H,22,23)/b6-5-,17-8-. The Morgan fingerprint density at radius 3 is 2.88 bits per heavy atom. The number of hydrogen-bond donors (Lipinski definition) is 2.